The van der Waals surface area contributed by atoms with Crippen LogP contribution in [0.25, 0.3) is 0 Å². The third kappa shape index (κ3) is 20.6. The molecule has 0 aromatic heterocycles. The number of hydrogen-bond donors (Lipinski definition) is 1. The summed E-state index contributed by atoms with van der Waals surface area (Å²) in [4.78, 5) is 11.7. The fraction of sp³-hybridized carbons (Fsp3) is 1.00. The lowest BCUT2D eigenvalue weighted by Gasteiger charge is -2.28. The number of likely N-dealkylation sites (N-methyl/N-ethyl adjacent to an activating group) is 1. The Balaban J connectivity index is 3.49. The van der Waals surface area contributed by atoms with Crippen LogP contribution in [0, 0.1) is 0 Å². The summed E-state index contributed by atoms with van der Waals surface area (Å²) in [5.74, 6) is 0. The second kappa shape index (κ2) is 15.9. The van der Waals surface area contributed by atoms with Gasteiger partial charge < -0.3 is 23.5 Å². The van der Waals surface area contributed by atoms with E-state index in [1.54, 1.807) is 0 Å². The van der Waals surface area contributed by atoms with Crippen LogP contribution >= 0.6 is 7.82 Å². The molecule has 7 heteroatoms. The van der Waals surface area contributed by atoms with Crippen LogP contribution in [0.4, 0.5) is 0 Å². The van der Waals surface area contributed by atoms with Crippen LogP contribution in [0.3, 0.4) is 0 Å². The Labute approximate surface area is 167 Å². The van der Waals surface area contributed by atoms with Gasteiger partial charge in [0.15, 0.2) is 0 Å². The van der Waals surface area contributed by atoms with Crippen molar-refractivity contribution in [3.05, 3.63) is 0 Å². The molecule has 0 saturated carbocycles. The second-order valence-electron chi connectivity index (χ2n) is 8.59. The lowest BCUT2D eigenvalue weighted by molar-refractivity contribution is -0.873. The minimum atomic E-state index is -4.31. The predicted molar refractivity (Wildman–Crippen MR) is 109 cm³/mol. The molecule has 2 atom stereocenters. The normalized spacial score (nSPS) is 15.6. The molecule has 0 radical (unpaired) electrons. The van der Waals surface area contributed by atoms with Crippen LogP contribution in [0.1, 0.15) is 84.0 Å². The van der Waals surface area contributed by atoms with Crippen LogP contribution in [-0.4, -0.2) is 56.6 Å². The van der Waals surface area contributed by atoms with E-state index in [1.807, 2.05) is 21.1 Å². The molecule has 6 nitrogen and oxygen atoms in total. The van der Waals surface area contributed by atoms with E-state index in [1.165, 1.54) is 57.8 Å². The first-order valence-corrected chi connectivity index (χ1v) is 12.2. The highest BCUT2D eigenvalue weighted by molar-refractivity contribution is 7.45. The predicted octanol–water partition coefficient (Wildman–Crippen LogP) is 4.26. The minimum absolute atomic E-state index is 0.156. The van der Waals surface area contributed by atoms with Gasteiger partial charge in [0.1, 0.15) is 12.6 Å². The van der Waals surface area contributed by atoms with Gasteiger partial charge in [-0.2, -0.15) is 0 Å². The van der Waals surface area contributed by atoms with Gasteiger partial charge in [0.2, 0.25) is 0 Å². The third-order valence-electron chi connectivity index (χ3n) is 4.43. The van der Waals surface area contributed by atoms with Gasteiger partial charge in [-0.05, 0) is 6.42 Å². The molecular formula is C20H44NO5P. The number of hydrogen-bond acceptors (Lipinski definition) is 5. The molecular weight excluding hydrogens is 365 g/mol. The molecule has 0 bridgehead atoms. The molecule has 0 spiro atoms. The van der Waals surface area contributed by atoms with Crippen molar-refractivity contribution in [3.8, 4) is 0 Å². The summed E-state index contributed by atoms with van der Waals surface area (Å²) in [6.07, 6.45) is 13.9. The standard InChI is InChI=1S/C20H44NO5P/c1-5-6-7-8-9-10-11-12-13-14-15-16-17-25-27(23,24)26-19-20(22)18-21(2,3)4/h20,22H,5-19H2,1-4H3. The molecule has 0 amide bonds. The first-order valence-electron chi connectivity index (χ1n) is 10.7. The molecule has 0 rings (SSSR count). The molecule has 1 N–H and O–H groups in total. The van der Waals surface area contributed by atoms with Crippen molar-refractivity contribution in [2.45, 2.75) is 90.1 Å². The maximum atomic E-state index is 11.7. The van der Waals surface area contributed by atoms with E-state index >= 15 is 0 Å². The SMILES string of the molecule is CCCCCCCCCCCCCCOP(=O)([O-])OCC(O)C[N+](C)(C)C. The molecule has 0 aliphatic rings. The number of aliphatic hydroxyl groups is 1. The van der Waals surface area contributed by atoms with E-state index in [2.05, 4.69) is 6.92 Å². The Hall–Kier alpha value is 0.0300. The van der Waals surface area contributed by atoms with Gasteiger partial charge in [0, 0.05) is 0 Å². The Bertz CT molecular complexity index is 387. The van der Waals surface area contributed by atoms with E-state index in [-0.39, 0.29) is 13.2 Å². The summed E-state index contributed by atoms with van der Waals surface area (Å²) >= 11 is 0. The zero-order valence-electron chi connectivity index (χ0n) is 18.2. The molecule has 164 valence electrons. The average Bonchev–Trinajstić information content (AvgIpc) is 2.56. The molecule has 27 heavy (non-hydrogen) atoms. The van der Waals surface area contributed by atoms with Crippen LogP contribution in [0.15, 0.2) is 0 Å². The highest BCUT2D eigenvalue weighted by atomic mass is 31.2. The summed E-state index contributed by atoms with van der Waals surface area (Å²) < 4.78 is 21.8. The molecule has 0 heterocycles. The summed E-state index contributed by atoms with van der Waals surface area (Å²) in [5.41, 5.74) is 0. The number of rotatable bonds is 19. The number of unbranched alkanes of at least 4 members (excludes halogenated alkanes) is 11. The number of nitrogens with zero attached hydrogens (tertiary/aromatic N) is 1. The number of quaternary nitrogens is 1. The monoisotopic (exact) mass is 409 g/mol. The number of phosphoric acid groups is 1. The molecule has 0 aliphatic heterocycles. The quantitative estimate of drug-likeness (QED) is 0.196. The Morgan fingerprint density at radius 2 is 1.30 bits per heavy atom. The highest BCUT2D eigenvalue weighted by Crippen LogP contribution is 2.38. The van der Waals surface area contributed by atoms with Crippen molar-refractivity contribution in [2.24, 2.45) is 0 Å². The smallest absolute Gasteiger partial charge is 0.267 e. The van der Waals surface area contributed by atoms with Crippen molar-refractivity contribution < 1.29 is 28.1 Å². The first-order chi connectivity index (χ1) is 12.7. The Morgan fingerprint density at radius 3 is 1.74 bits per heavy atom. The minimum Gasteiger partial charge on any atom is -0.756 e. The molecule has 2 unspecified atom stereocenters. The van der Waals surface area contributed by atoms with Crippen molar-refractivity contribution in [2.75, 3.05) is 40.9 Å². The van der Waals surface area contributed by atoms with Gasteiger partial charge in [0.25, 0.3) is 7.82 Å². The molecule has 0 saturated heterocycles. The van der Waals surface area contributed by atoms with Crippen LogP contribution in [-0.2, 0) is 13.6 Å². The lowest BCUT2D eigenvalue weighted by atomic mass is 10.1. The maximum Gasteiger partial charge on any atom is 0.267 e. The zero-order chi connectivity index (χ0) is 20.6. The van der Waals surface area contributed by atoms with Crippen molar-refractivity contribution in [1.82, 2.24) is 0 Å². The highest BCUT2D eigenvalue weighted by Gasteiger charge is 2.18. The fourth-order valence-electron chi connectivity index (χ4n) is 3.02. The summed E-state index contributed by atoms with van der Waals surface area (Å²) in [7, 11) is 1.45. The van der Waals surface area contributed by atoms with Gasteiger partial charge in [0.05, 0.1) is 34.4 Å². The van der Waals surface area contributed by atoms with Crippen LogP contribution < -0.4 is 4.89 Å². The third-order valence-corrected chi connectivity index (χ3v) is 5.39. The molecule has 0 aromatic carbocycles. The van der Waals surface area contributed by atoms with Gasteiger partial charge in [-0.15, -0.1) is 0 Å². The van der Waals surface area contributed by atoms with Crippen molar-refractivity contribution >= 4 is 7.82 Å². The van der Waals surface area contributed by atoms with E-state index in [9.17, 15) is 14.6 Å². The largest absolute Gasteiger partial charge is 0.756 e. The molecule has 0 aliphatic carbocycles. The summed E-state index contributed by atoms with van der Waals surface area (Å²) in [6.45, 7) is 2.56. The number of phosphoric ester groups is 1. The van der Waals surface area contributed by atoms with E-state index < -0.39 is 13.9 Å². The zero-order valence-corrected chi connectivity index (χ0v) is 19.1. The van der Waals surface area contributed by atoms with Gasteiger partial charge in [-0.3, -0.25) is 4.57 Å². The average molecular weight is 410 g/mol. The van der Waals surface area contributed by atoms with Crippen LogP contribution in [0.2, 0.25) is 0 Å². The van der Waals surface area contributed by atoms with Gasteiger partial charge >= 0.3 is 0 Å². The first kappa shape index (κ1) is 27.0. The fourth-order valence-corrected chi connectivity index (χ4v) is 3.80. The van der Waals surface area contributed by atoms with Crippen LogP contribution in [0.5, 0.6) is 0 Å². The number of aliphatic hydroxyl groups excluding tert-OH is 1. The van der Waals surface area contributed by atoms with Gasteiger partial charge in [-0.25, -0.2) is 0 Å². The van der Waals surface area contributed by atoms with E-state index in [4.69, 9.17) is 9.05 Å². The maximum absolute atomic E-state index is 11.7. The lowest BCUT2D eigenvalue weighted by Crippen LogP contribution is -2.43. The topological polar surface area (TPSA) is 78.8 Å². The van der Waals surface area contributed by atoms with E-state index in [0.29, 0.717) is 17.4 Å². The Morgan fingerprint density at radius 1 is 0.852 bits per heavy atom. The van der Waals surface area contributed by atoms with Crippen molar-refractivity contribution in [1.29, 1.82) is 0 Å². The molecule has 0 aromatic rings. The van der Waals surface area contributed by atoms with Crippen molar-refractivity contribution in [3.63, 3.8) is 0 Å². The van der Waals surface area contributed by atoms with E-state index in [0.717, 1.165) is 12.8 Å². The Kier molecular flexibility index (Phi) is 15.9. The second-order valence-corrected chi connectivity index (χ2v) is 10.0. The van der Waals surface area contributed by atoms with Gasteiger partial charge in [-0.1, -0.05) is 77.6 Å². The summed E-state index contributed by atoms with van der Waals surface area (Å²) in [6, 6.07) is 0. The molecule has 0 fully saturated rings. The summed E-state index contributed by atoms with van der Waals surface area (Å²) in [5, 5.41) is 9.78.